The molecular weight excluding hydrogens is 248 g/mol. The maximum atomic E-state index is 11.2. The van der Waals surface area contributed by atoms with E-state index in [1.165, 1.54) is 51.5 Å². The second kappa shape index (κ2) is 10.9. The Hall–Kier alpha value is -0.830. The van der Waals surface area contributed by atoms with E-state index in [1.807, 2.05) is 0 Å². The van der Waals surface area contributed by atoms with Gasteiger partial charge in [-0.1, -0.05) is 38.7 Å². The molecule has 0 rings (SSSR count). The summed E-state index contributed by atoms with van der Waals surface area (Å²) in [6.07, 6.45) is 10.4. The zero-order valence-corrected chi connectivity index (χ0v) is 14.1. The van der Waals surface area contributed by atoms with Crippen molar-refractivity contribution in [3.8, 4) is 0 Å². The van der Waals surface area contributed by atoms with E-state index in [-0.39, 0.29) is 5.91 Å². The van der Waals surface area contributed by atoms with Gasteiger partial charge < -0.3 is 9.80 Å². The first kappa shape index (κ1) is 19.2. The van der Waals surface area contributed by atoms with Crippen molar-refractivity contribution in [1.29, 1.82) is 0 Å². The second-order valence-corrected chi connectivity index (χ2v) is 6.88. The van der Waals surface area contributed by atoms with Gasteiger partial charge in [0.25, 0.3) is 0 Å². The Labute approximate surface area is 126 Å². The van der Waals surface area contributed by atoms with Crippen molar-refractivity contribution < 1.29 is 9.28 Å². The number of nitrogens with zero attached hydrogens (tertiary/aromatic N) is 1. The monoisotopic (exact) mass is 283 g/mol. The van der Waals surface area contributed by atoms with E-state index in [9.17, 15) is 4.79 Å². The summed E-state index contributed by atoms with van der Waals surface area (Å²) in [6.45, 7) is 7.43. The normalized spacial score (nSPS) is 11.4. The molecule has 1 amide bonds. The van der Waals surface area contributed by atoms with Gasteiger partial charge in [0, 0.05) is 12.1 Å². The first-order chi connectivity index (χ1) is 9.33. The first-order valence-corrected chi connectivity index (χ1v) is 8.07. The summed E-state index contributed by atoms with van der Waals surface area (Å²) in [4.78, 5) is 11.2. The molecule has 0 aliphatic carbocycles. The van der Waals surface area contributed by atoms with Gasteiger partial charge in [0.15, 0.2) is 0 Å². The van der Waals surface area contributed by atoms with E-state index in [2.05, 4.69) is 33.0 Å². The number of amides is 1. The molecule has 0 bridgehead atoms. The number of hydrogen-bond acceptors (Lipinski definition) is 1. The number of unbranched alkanes of at least 4 members (excludes halogenated alkanes) is 7. The lowest BCUT2D eigenvalue weighted by Crippen LogP contribution is -2.35. The molecule has 0 aliphatic heterocycles. The average Bonchev–Trinajstić information content (AvgIpc) is 2.34. The summed E-state index contributed by atoms with van der Waals surface area (Å²) in [5, 5.41) is 2.87. The highest BCUT2D eigenvalue weighted by Crippen LogP contribution is 2.09. The molecule has 0 fully saturated rings. The lowest BCUT2D eigenvalue weighted by atomic mass is 10.1. The molecule has 0 saturated carbocycles. The SMILES string of the molecule is C=C(C)C(=O)NCCCCCCCCCC[N+](C)(C)C. The van der Waals surface area contributed by atoms with E-state index < -0.39 is 0 Å². The van der Waals surface area contributed by atoms with Crippen molar-refractivity contribution in [2.24, 2.45) is 0 Å². The number of carbonyl (C=O) groups excluding carboxylic acids is 1. The Morgan fingerprint density at radius 3 is 1.80 bits per heavy atom. The van der Waals surface area contributed by atoms with Gasteiger partial charge in [0.05, 0.1) is 27.7 Å². The van der Waals surface area contributed by atoms with Gasteiger partial charge >= 0.3 is 0 Å². The Bertz CT molecular complexity index is 279. The molecule has 0 aromatic heterocycles. The minimum Gasteiger partial charge on any atom is -0.352 e. The van der Waals surface area contributed by atoms with Gasteiger partial charge in [-0.15, -0.1) is 0 Å². The summed E-state index contributed by atoms with van der Waals surface area (Å²) in [6, 6.07) is 0. The standard InChI is InChI=1S/C17H34N2O/c1-16(2)17(20)18-14-12-10-8-6-7-9-11-13-15-19(3,4)5/h1,6-15H2,2-5H3/p+1. The van der Waals surface area contributed by atoms with Crippen LogP contribution in [0.1, 0.15) is 58.3 Å². The van der Waals surface area contributed by atoms with Crippen LogP contribution in [0, 0.1) is 0 Å². The van der Waals surface area contributed by atoms with Crippen LogP contribution in [0.15, 0.2) is 12.2 Å². The van der Waals surface area contributed by atoms with Crippen molar-refractivity contribution in [2.75, 3.05) is 34.2 Å². The molecule has 1 N–H and O–H groups in total. The van der Waals surface area contributed by atoms with Gasteiger partial charge in [0.2, 0.25) is 5.91 Å². The number of carbonyl (C=O) groups is 1. The quantitative estimate of drug-likeness (QED) is 0.331. The summed E-state index contributed by atoms with van der Waals surface area (Å²) < 4.78 is 1.08. The van der Waals surface area contributed by atoms with E-state index in [0.29, 0.717) is 5.57 Å². The van der Waals surface area contributed by atoms with Crippen molar-refractivity contribution in [2.45, 2.75) is 58.3 Å². The van der Waals surface area contributed by atoms with Crippen molar-refractivity contribution in [3.63, 3.8) is 0 Å². The molecule has 0 aromatic rings. The molecule has 0 radical (unpaired) electrons. The lowest BCUT2D eigenvalue weighted by molar-refractivity contribution is -0.870. The van der Waals surface area contributed by atoms with Crippen molar-refractivity contribution >= 4 is 5.91 Å². The van der Waals surface area contributed by atoms with Crippen LogP contribution in [0.5, 0.6) is 0 Å². The molecule has 0 saturated heterocycles. The number of quaternary nitrogens is 1. The van der Waals surface area contributed by atoms with Crippen LogP contribution in [-0.4, -0.2) is 44.6 Å². The summed E-state index contributed by atoms with van der Waals surface area (Å²) in [7, 11) is 6.77. The summed E-state index contributed by atoms with van der Waals surface area (Å²) >= 11 is 0. The summed E-state index contributed by atoms with van der Waals surface area (Å²) in [5.41, 5.74) is 0.596. The Balaban J connectivity index is 3.18. The zero-order valence-electron chi connectivity index (χ0n) is 14.1. The highest BCUT2D eigenvalue weighted by atomic mass is 16.1. The molecule has 0 atom stereocenters. The van der Waals surface area contributed by atoms with Crippen LogP contribution in [0.4, 0.5) is 0 Å². The fourth-order valence-corrected chi connectivity index (χ4v) is 2.12. The lowest BCUT2D eigenvalue weighted by Gasteiger charge is -2.23. The predicted octanol–water partition coefficient (Wildman–Crippen LogP) is 3.51. The zero-order chi connectivity index (χ0) is 15.4. The molecule has 0 spiro atoms. The second-order valence-electron chi connectivity index (χ2n) is 6.88. The third-order valence-electron chi connectivity index (χ3n) is 3.43. The Morgan fingerprint density at radius 1 is 0.900 bits per heavy atom. The predicted molar refractivity (Wildman–Crippen MR) is 87.7 cm³/mol. The minimum atomic E-state index is -0.0118. The van der Waals surface area contributed by atoms with Gasteiger partial charge in [-0.05, 0) is 26.2 Å². The van der Waals surface area contributed by atoms with Crippen LogP contribution < -0.4 is 5.32 Å². The van der Waals surface area contributed by atoms with Crippen LogP contribution in [0.25, 0.3) is 0 Å². The number of rotatable bonds is 12. The Morgan fingerprint density at radius 2 is 1.35 bits per heavy atom. The fourth-order valence-electron chi connectivity index (χ4n) is 2.12. The van der Waals surface area contributed by atoms with Crippen LogP contribution in [-0.2, 0) is 4.79 Å². The van der Waals surface area contributed by atoms with Crippen molar-refractivity contribution in [3.05, 3.63) is 12.2 Å². The van der Waals surface area contributed by atoms with E-state index in [4.69, 9.17) is 0 Å². The molecule has 0 heterocycles. The van der Waals surface area contributed by atoms with E-state index in [0.717, 1.165) is 17.4 Å². The van der Waals surface area contributed by atoms with E-state index >= 15 is 0 Å². The van der Waals surface area contributed by atoms with Crippen LogP contribution in [0.2, 0.25) is 0 Å². The minimum absolute atomic E-state index is 0.0118. The molecule has 20 heavy (non-hydrogen) atoms. The number of nitrogens with one attached hydrogen (secondary N) is 1. The van der Waals surface area contributed by atoms with Gasteiger partial charge in [0.1, 0.15) is 0 Å². The van der Waals surface area contributed by atoms with E-state index in [1.54, 1.807) is 6.92 Å². The highest BCUT2D eigenvalue weighted by molar-refractivity contribution is 5.91. The maximum Gasteiger partial charge on any atom is 0.246 e. The smallest absolute Gasteiger partial charge is 0.246 e. The topological polar surface area (TPSA) is 29.1 Å². The molecule has 3 heteroatoms. The highest BCUT2D eigenvalue weighted by Gasteiger charge is 2.05. The average molecular weight is 283 g/mol. The molecule has 3 nitrogen and oxygen atoms in total. The molecule has 0 aliphatic rings. The third kappa shape index (κ3) is 13.6. The van der Waals surface area contributed by atoms with Crippen LogP contribution in [0.3, 0.4) is 0 Å². The summed E-state index contributed by atoms with van der Waals surface area (Å²) in [5.74, 6) is -0.0118. The third-order valence-corrected chi connectivity index (χ3v) is 3.43. The fraction of sp³-hybridized carbons (Fsp3) is 0.824. The number of hydrogen-bond donors (Lipinski definition) is 1. The maximum absolute atomic E-state index is 11.2. The van der Waals surface area contributed by atoms with Crippen molar-refractivity contribution in [1.82, 2.24) is 5.32 Å². The Kier molecular flexibility index (Phi) is 10.4. The molecular formula is C17H35N2O+. The van der Waals surface area contributed by atoms with Crippen LogP contribution >= 0.6 is 0 Å². The largest absolute Gasteiger partial charge is 0.352 e. The molecule has 118 valence electrons. The van der Waals surface area contributed by atoms with Gasteiger partial charge in [-0.3, -0.25) is 4.79 Å². The molecule has 0 unspecified atom stereocenters. The molecule has 0 aromatic carbocycles. The van der Waals surface area contributed by atoms with Gasteiger partial charge in [-0.2, -0.15) is 0 Å². The van der Waals surface area contributed by atoms with Gasteiger partial charge in [-0.25, -0.2) is 0 Å². The first-order valence-electron chi connectivity index (χ1n) is 8.07.